The third kappa shape index (κ3) is 6.16. The first-order valence-corrected chi connectivity index (χ1v) is 11.0. The van der Waals surface area contributed by atoms with E-state index >= 15 is 0 Å². The highest BCUT2D eigenvalue weighted by atomic mass is 16.5. The highest BCUT2D eigenvalue weighted by Gasteiger charge is 2.15. The smallest absolute Gasteiger partial charge is 0.158 e. The molecule has 33 heavy (non-hydrogen) atoms. The molecular weight excluding hydrogens is 418 g/mol. The second-order valence-corrected chi connectivity index (χ2v) is 7.81. The molecule has 170 valence electrons. The standard InChI is InChI=1S/C24H27N7O2/c25-12-19-14-29-24(16-27-19)31-23-11-22(28-13-17-5-7-26-8-6-17)21(15-30-23)18-1-3-20(4-2-18)33-10-9-32/h1-4,11,14-17,26,32H,5-10,13H2,(H2,28,29,30,31). The maximum Gasteiger partial charge on any atom is 0.158 e. The van der Waals surface area contributed by atoms with E-state index in [1.165, 1.54) is 12.4 Å². The molecule has 9 nitrogen and oxygen atoms in total. The van der Waals surface area contributed by atoms with Crippen LogP contribution in [-0.4, -0.2) is 52.9 Å². The number of aliphatic hydroxyl groups excluding tert-OH is 1. The van der Waals surface area contributed by atoms with Gasteiger partial charge >= 0.3 is 0 Å². The Morgan fingerprint density at radius 3 is 2.55 bits per heavy atom. The molecule has 3 aromatic rings. The van der Waals surface area contributed by atoms with Crippen molar-refractivity contribution in [3.8, 4) is 22.9 Å². The lowest BCUT2D eigenvalue weighted by molar-refractivity contribution is 0.201. The summed E-state index contributed by atoms with van der Waals surface area (Å²) in [5, 5.41) is 28.0. The highest BCUT2D eigenvalue weighted by Crippen LogP contribution is 2.31. The predicted octanol–water partition coefficient (Wildman–Crippen LogP) is 2.94. The van der Waals surface area contributed by atoms with Crippen LogP contribution in [0.15, 0.2) is 48.9 Å². The van der Waals surface area contributed by atoms with Gasteiger partial charge in [0.2, 0.25) is 0 Å². The Labute approximate surface area is 192 Å². The predicted molar refractivity (Wildman–Crippen MR) is 126 cm³/mol. The number of hydrogen-bond donors (Lipinski definition) is 4. The van der Waals surface area contributed by atoms with Gasteiger partial charge in [-0.2, -0.15) is 5.26 Å². The van der Waals surface area contributed by atoms with Gasteiger partial charge in [0.25, 0.3) is 0 Å². The van der Waals surface area contributed by atoms with Crippen LogP contribution in [0.3, 0.4) is 0 Å². The summed E-state index contributed by atoms with van der Waals surface area (Å²) in [6, 6.07) is 11.7. The molecule has 1 saturated heterocycles. The van der Waals surface area contributed by atoms with Gasteiger partial charge in [0.05, 0.1) is 19.0 Å². The molecule has 9 heteroatoms. The fourth-order valence-corrected chi connectivity index (χ4v) is 3.72. The van der Waals surface area contributed by atoms with E-state index in [1.807, 2.05) is 42.6 Å². The van der Waals surface area contributed by atoms with Crippen LogP contribution in [0.1, 0.15) is 18.5 Å². The first-order valence-electron chi connectivity index (χ1n) is 11.0. The molecular formula is C24H27N7O2. The average molecular weight is 446 g/mol. The number of piperidine rings is 1. The van der Waals surface area contributed by atoms with E-state index in [9.17, 15) is 0 Å². The van der Waals surface area contributed by atoms with Crippen LogP contribution in [0.4, 0.5) is 17.3 Å². The Bertz CT molecular complexity index is 1080. The molecule has 0 bridgehead atoms. The van der Waals surface area contributed by atoms with Crippen LogP contribution in [0.2, 0.25) is 0 Å². The number of aliphatic hydroxyl groups is 1. The summed E-state index contributed by atoms with van der Waals surface area (Å²) < 4.78 is 5.47. The number of hydrogen-bond acceptors (Lipinski definition) is 9. The van der Waals surface area contributed by atoms with E-state index < -0.39 is 0 Å². The minimum Gasteiger partial charge on any atom is -0.491 e. The lowest BCUT2D eigenvalue weighted by Gasteiger charge is -2.24. The fourth-order valence-electron chi connectivity index (χ4n) is 3.72. The average Bonchev–Trinajstić information content (AvgIpc) is 2.88. The summed E-state index contributed by atoms with van der Waals surface area (Å²) in [4.78, 5) is 12.8. The number of benzene rings is 1. The second kappa shape index (κ2) is 11.2. The molecule has 1 fully saturated rings. The number of aromatic nitrogens is 3. The molecule has 0 saturated carbocycles. The molecule has 1 aliphatic heterocycles. The molecule has 4 rings (SSSR count). The maximum absolute atomic E-state index is 8.95. The minimum atomic E-state index is -0.0193. The molecule has 0 amide bonds. The van der Waals surface area contributed by atoms with Crippen molar-refractivity contribution in [3.05, 3.63) is 54.6 Å². The monoisotopic (exact) mass is 445 g/mol. The Hall–Kier alpha value is -3.74. The van der Waals surface area contributed by atoms with Crippen molar-refractivity contribution in [2.75, 3.05) is 43.5 Å². The summed E-state index contributed by atoms with van der Waals surface area (Å²) in [6.07, 6.45) is 7.06. The van der Waals surface area contributed by atoms with Crippen molar-refractivity contribution in [2.24, 2.45) is 5.92 Å². The van der Waals surface area contributed by atoms with E-state index in [4.69, 9.17) is 15.1 Å². The van der Waals surface area contributed by atoms with Gasteiger partial charge in [-0.1, -0.05) is 12.1 Å². The van der Waals surface area contributed by atoms with E-state index in [2.05, 4.69) is 30.9 Å². The van der Waals surface area contributed by atoms with E-state index in [0.29, 0.717) is 23.3 Å². The van der Waals surface area contributed by atoms with Crippen molar-refractivity contribution >= 4 is 17.3 Å². The first-order chi connectivity index (χ1) is 16.2. The Morgan fingerprint density at radius 1 is 1.06 bits per heavy atom. The number of nitrogens with zero attached hydrogens (tertiary/aromatic N) is 4. The van der Waals surface area contributed by atoms with E-state index in [1.54, 1.807) is 0 Å². The van der Waals surface area contributed by atoms with Gasteiger partial charge in [-0.25, -0.2) is 15.0 Å². The lowest BCUT2D eigenvalue weighted by atomic mass is 9.97. The number of anilines is 3. The molecule has 0 radical (unpaired) electrons. The number of rotatable bonds is 9. The van der Waals surface area contributed by atoms with Gasteiger partial charge in [-0.05, 0) is 49.5 Å². The number of nitriles is 1. The molecule has 0 atom stereocenters. The zero-order valence-electron chi connectivity index (χ0n) is 18.3. The molecule has 0 unspecified atom stereocenters. The first kappa shape index (κ1) is 22.5. The molecule has 0 aliphatic carbocycles. The topological polar surface area (TPSA) is 128 Å². The summed E-state index contributed by atoms with van der Waals surface area (Å²) in [5.41, 5.74) is 3.22. The number of nitrogens with one attached hydrogen (secondary N) is 3. The van der Waals surface area contributed by atoms with E-state index in [-0.39, 0.29) is 18.9 Å². The minimum absolute atomic E-state index is 0.0193. The van der Waals surface area contributed by atoms with Crippen LogP contribution in [0.5, 0.6) is 5.75 Å². The van der Waals surface area contributed by atoms with E-state index in [0.717, 1.165) is 49.3 Å². The van der Waals surface area contributed by atoms with Crippen LogP contribution in [0.25, 0.3) is 11.1 Å². The number of pyridine rings is 1. The normalized spacial score (nSPS) is 13.8. The SMILES string of the molecule is N#Cc1cnc(Nc2cc(NCC3CCNCC3)c(-c3ccc(OCCO)cc3)cn2)cn1. The summed E-state index contributed by atoms with van der Waals surface area (Å²) >= 11 is 0. The summed E-state index contributed by atoms with van der Waals surface area (Å²) in [7, 11) is 0. The van der Waals surface area contributed by atoms with Crippen LogP contribution in [0, 0.1) is 17.2 Å². The third-order valence-electron chi connectivity index (χ3n) is 5.49. The zero-order chi connectivity index (χ0) is 22.9. The Morgan fingerprint density at radius 2 is 1.85 bits per heavy atom. The maximum atomic E-state index is 8.95. The van der Waals surface area contributed by atoms with Gasteiger partial charge in [0.1, 0.15) is 30.1 Å². The molecule has 1 aliphatic rings. The zero-order valence-corrected chi connectivity index (χ0v) is 18.3. The summed E-state index contributed by atoms with van der Waals surface area (Å²) in [5.74, 6) is 2.47. The van der Waals surface area contributed by atoms with Gasteiger partial charge in [-0.3, -0.25) is 0 Å². The van der Waals surface area contributed by atoms with Crippen molar-refractivity contribution in [3.63, 3.8) is 0 Å². The molecule has 1 aromatic carbocycles. The largest absolute Gasteiger partial charge is 0.491 e. The third-order valence-corrected chi connectivity index (χ3v) is 5.49. The molecule has 0 spiro atoms. The van der Waals surface area contributed by atoms with Gasteiger partial charge in [0.15, 0.2) is 5.69 Å². The molecule has 2 aromatic heterocycles. The molecule has 4 N–H and O–H groups in total. The number of ether oxygens (including phenoxy) is 1. The van der Waals surface area contributed by atoms with Crippen LogP contribution < -0.4 is 20.7 Å². The lowest BCUT2D eigenvalue weighted by Crippen LogP contribution is -2.31. The summed E-state index contributed by atoms with van der Waals surface area (Å²) in [6.45, 7) is 3.23. The fraction of sp³-hybridized carbons (Fsp3) is 0.333. The van der Waals surface area contributed by atoms with Crippen molar-refractivity contribution < 1.29 is 9.84 Å². The van der Waals surface area contributed by atoms with Crippen molar-refractivity contribution in [1.29, 1.82) is 5.26 Å². The van der Waals surface area contributed by atoms with Crippen LogP contribution >= 0.6 is 0 Å². The van der Waals surface area contributed by atoms with Gasteiger partial charge < -0.3 is 25.8 Å². The second-order valence-electron chi connectivity index (χ2n) is 7.81. The Kier molecular flexibility index (Phi) is 7.64. The van der Waals surface area contributed by atoms with Crippen molar-refractivity contribution in [1.82, 2.24) is 20.3 Å². The molecule has 3 heterocycles. The van der Waals surface area contributed by atoms with Gasteiger partial charge in [0, 0.05) is 30.1 Å². The van der Waals surface area contributed by atoms with Crippen molar-refractivity contribution in [2.45, 2.75) is 12.8 Å². The van der Waals surface area contributed by atoms with Crippen LogP contribution in [-0.2, 0) is 0 Å². The Balaban J connectivity index is 1.56. The highest BCUT2D eigenvalue weighted by molar-refractivity contribution is 5.79. The quantitative estimate of drug-likeness (QED) is 0.393. The van der Waals surface area contributed by atoms with Gasteiger partial charge in [-0.15, -0.1) is 0 Å².